The molecule has 0 saturated carbocycles. The second kappa shape index (κ2) is 4.36. The Labute approximate surface area is 86.3 Å². The minimum Gasteiger partial charge on any atom is -0.491 e. The van der Waals surface area contributed by atoms with Crippen LogP contribution >= 0.6 is 0 Å². The third kappa shape index (κ3) is 2.41. The first-order valence-electron chi connectivity index (χ1n) is 5.00. The normalized spacial score (nSPS) is 10.4. The molecule has 0 amide bonds. The van der Waals surface area contributed by atoms with Gasteiger partial charge in [0.25, 0.3) is 0 Å². The number of aryl methyl sites for hydroxylation is 2. The van der Waals surface area contributed by atoms with Crippen molar-refractivity contribution in [2.75, 3.05) is 12.4 Å². The fourth-order valence-corrected chi connectivity index (χ4v) is 1.66. The van der Waals surface area contributed by atoms with Crippen LogP contribution in [-0.2, 0) is 0 Å². The molecule has 0 unspecified atom stereocenters. The van der Waals surface area contributed by atoms with Gasteiger partial charge in [0.2, 0.25) is 0 Å². The van der Waals surface area contributed by atoms with Gasteiger partial charge in [-0.1, -0.05) is 0 Å². The first-order valence-corrected chi connectivity index (χ1v) is 5.00. The maximum Gasteiger partial charge on any atom is 0.120 e. The highest BCUT2D eigenvalue weighted by atomic mass is 16.5. The van der Waals surface area contributed by atoms with E-state index in [2.05, 4.69) is 31.3 Å². The van der Waals surface area contributed by atoms with E-state index in [1.807, 2.05) is 20.9 Å². The summed E-state index contributed by atoms with van der Waals surface area (Å²) in [7, 11) is 1.94. The first kappa shape index (κ1) is 10.9. The van der Waals surface area contributed by atoms with Crippen LogP contribution in [0.15, 0.2) is 12.1 Å². The molecule has 1 aromatic rings. The lowest BCUT2D eigenvalue weighted by molar-refractivity contribution is 0.242. The second-order valence-corrected chi connectivity index (χ2v) is 3.85. The Kier molecular flexibility index (Phi) is 3.39. The molecule has 1 N–H and O–H groups in total. The minimum atomic E-state index is 0.231. The van der Waals surface area contributed by atoms with E-state index in [4.69, 9.17) is 4.74 Å². The van der Waals surface area contributed by atoms with Gasteiger partial charge in [0.05, 0.1) is 6.10 Å². The standard InChI is InChI=1S/C12H19NO/c1-8(2)14-11-6-9(3)12(13-5)10(4)7-11/h6-8,13H,1-5H3. The van der Waals surface area contributed by atoms with Gasteiger partial charge in [0.1, 0.15) is 5.75 Å². The number of rotatable bonds is 3. The summed E-state index contributed by atoms with van der Waals surface area (Å²) in [6.45, 7) is 8.26. The van der Waals surface area contributed by atoms with Gasteiger partial charge in [-0.2, -0.15) is 0 Å². The van der Waals surface area contributed by atoms with Crippen LogP contribution in [0.2, 0.25) is 0 Å². The van der Waals surface area contributed by atoms with Gasteiger partial charge in [0, 0.05) is 12.7 Å². The van der Waals surface area contributed by atoms with Crippen molar-refractivity contribution in [3.63, 3.8) is 0 Å². The molecule has 0 radical (unpaired) electrons. The molecule has 0 fully saturated rings. The number of benzene rings is 1. The molecule has 78 valence electrons. The minimum absolute atomic E-state index is 0.231. The van der Waals surface area contributed by atoms with E-state index in [1.165, 1.54) is 16.8 Å². The molecule has 0 atom stereocenters. The molecule has 2 heteroatoms. The summed E-state index contributed by atoms with van der Waals surface area (Å²) in [6.07, 6.45) is 0.231. The van der Waals surface area contributed by atoms with Gasteiger partial charge in [-0.05, 0) is 51.0 Å². The monoisotopic (exact) mass is 193 g/mol. The predicted octanol–water partition coefficient (Wildman–Crippen LogP) is 3.13. The fourth-order valence-electron chi connectivity index (χ4n) is 1.66. The Morgan fingerprint density at radius 3 is 2.00 bits per heavy atom. The van der Waals surface area contributed by atoms with Gasteiger partial charge in [0.15, 0.2) is 0 Å². The molecular weight excluding hydrogens is 174 g/mol. The van der Waals surface area contributed by atoms with Crippen molar-refractivity contribution in [1.82, 2.24) is 0 Å². The van der Waals surface area contributed by atoms with Gasteiger partial charge in [-0.3, -0.25) is 0 Å². The summed E-state index contributed by atoms with van der Waals surface area (Å²) in [5, 5.41) is 3.19. The van der Waals surface area contributed by atoms with Crippen LogP contribution in [0.1, 0.15) is 25.0 Å². The molecule has 0 aliphatic rings. The van der Waals surface area contributed by atoms with E-state index in [9.17, 15) is 0 Å². The van der Waals surface area contributed by atoms with Crippen LogP contribution < -0.4 is 10.1 Å². The van der Waals surface area contributed by atoms with Crippen molar-refractivity contribution in [3.8, 4) is 5.75 Å². The largest absolute Gasteiger partial charge is 0.491 e. The summed E-state index contributed by atoms with van der Waals surface area (Å²) in [6, 6.07) is 4.14. The van der Waals surface area contributed by atoms with Crippen molar-refractivity contribution in [3.05, 3.63) is 23.3 Å². The van der Waals surface area contributed by atoms with Crippen molar-refractivity contribution < 1.29 is 4.74 Å². The second-order valence-electron chi connectivity index (χ2n) is 3.85. The number of anilines is 1. The van der Waals surface area contributed by atoms with Crippen molar-refractivity contribution in [2.45, 2.75) is 33.8 Å². The highest BCUT2D eigenvalue weighted by molar-refractivity contribution is 5.59. The van der Waals surface area contributed by atoms with Crippen LogP contribution in [0.3, 0.4) is 0 Å². The molecular formula is C12H19NO. The third-order valence-electron chi connectivity index (χ3n) is 2.13. The number of nitrogens with one attached hydrogen (secondary N) is 1. The van der Waals surface area contributed by atoms with Gasteiger partial charge in [-0.15, -0.1) is 0 Å². The number of ether oxygens (including phenoxy) is 1. The topological polar surface area (TPSA) is 21.3 Å². The molecule has 0 heterocycles. The Balaban J connectivity index is 3.01. The summed E-state index contributed by atoms with van der Waals surface area (Å²) < 4.78 is 5.65. The van der Waals surface area contributed by atoms with E-state index >= 15 is 0 Å². The third-order valence-corrected chi connectivity index (χ3v) is 2.13. The van der Waals surface area contributed by atoms with Crippen LogP contribution in [0, 0.1) is 13.8 Å². The van der Waals surface area contributed by atoms with E-state index in [0.29, 0.717) is 0 Å². The summed E-state index contributed by atoms with van der Waals surface area (Å²) >= 11 is 0. The van der Waals surface area contributed by atoms with Crippen LogP contribution in [0.5, 0.6) is 5.75 Å². The molecule has 1 rings (SSSR count). The Morgan fingerprint density at radius 2 is 1.64 bits per heavy atom. The van der Waals surface area contributed by atoms with Gasteiger partial charge >= 0.3 is 0 Å². The summed E-state index contributed by atoms with van der Waals surface area (Å²) in [4.78, 5) is 0. The maximum absolute atomic E-state index is 5.65. The zero-order valence-electron chi connectivity index (χ0n) is 9.64. The van der Waals surface area contributed by atoms with E-state index in [1.54, 1.807) is 0 Å². The molecule has 0 aliphatic heterocycles. The van der Waals surface area contributed by atoms with Crippen LogP contribution in [0.25, 0.3) is 0 Å². The SMILES string of the molecule is CNc1c(C)cc(OC(C)C)cc1C. The highest BCUT2D eigenvalue weighted by Crippen LogP contribution is 2.26. The molecule has 2 nitrogen and oxygen atoms in total. The predicted molar refractivity (Wildman–Crippen MR) is 61.2 cm³/mol. The summed E-state index contributed by atoms with van der Waals surface area (Å²) in [5.41, 5.74) is 3.65. The highest BCUT2D eigenvalue weighted by Gasteiger charge is 2.05. The average Bonchev–Trinajstić information content (AvgIpc) is 2.01. The lowest BCUT2D eigenvalue weighted by Crippen LogP contribution is -2.06. The Hall–Kier alpha value is -1.18. The molecule has 0 spiro atoms. The van der Waals surface area contributed by atoms with Crippen LogP contribution in [-0.4, -0.2) is 13.2 Å². The average molecular weight is 193 g/mol. The molecule has 0 bridgehead atoms. The first-order chi connectivity index (χ1) is 6.54. The molecule has 0 aliphatic carbocycles. The molecule has 0 saturated heterocycles. The Bertz CT molecular complexity index is 295. The number of hydrogen-bond acceptors (Lipinski definition) is 2. The number of hydrogen-bond donors (Lipinski definition) is 1. The Morgan fingerprint density at radius 1 is 1.14 bits per heavy atom. The fraction of sp³-hybridized carbons (Fsp3) is 0.500. The van der Waals surface area contributed by atoms with Gasteiger partial charge in [-0.25, -0.2) is 0 Å². The van der Waals surface area contributed by atoms with Gasteiger partial charge < -0.3 is 10.1 Å². The smallest absolute Gasteiger partial charge is 0.120 e. The quantitative estimate of drug-likeness (QED) is 0.796. The van der Waals surface area contributed by atoms with E-state index in [-0.39, 0.29) is 6.10 Å². The van der Waals surface area contributed by atoms with E-state index in [0.717, 1.165) is 5.75 Å². The summed E-state index contributed by atoms with van der Waals surface area (Å²) in [5.74, 6) is 0.953. The molecule has 14 heavy (non-hydrogen) atoms. The zero-order chi connectivity index (χ0) is 10.7. The molecule has 1 aromatic carbocycles. The van der Waals surface area contributed by atoms with E-state index < -0.39 is 0 Å². The van der Waals surface area contributed by atoms with Crippen molar-refractivity contribution >= 4 is 5.69 Å². The lowest BCUT2D eigenvalue weighted by Gasteiger charge is -2.14. The van der Waals surface area contributed by atoms with Crippen LogP contribution in [0.4, 0.5) is 5.69 Å². The maximum atomic E-state index is 5.65. The van der Waals surface area contributed by atoms with Crippen molar-refractivity contribution in [1.29, 1.82) is 0 Å². The zero-order valence-corrected chi connectivity index (χ0v) is 9.64. The van der Waals surface area contributed by atoms with Crippen molar-refractivity contribution in [2.24, 2.45) is 0 Å². The molecule has 0 aromatic heterocycles. The lowest BCUT2D eigenvalue weighted by atomic mass is 10.1.